The van der Waals surface area contributed by atoms with Gasteiger partial charge in [-0.2, -0.15) is 0 Å². The summed E-state index contributed by atoms with van der Waals surface area (Å²) in [7, 11) is 0. The summed E-state index contributed by atoms with van der Waals surface area (Å²) in [4.78, 5) is 70.3. The lowest BCUT2D eigenvalue weighted by Crippen LogP contribution is -2.57. The second-order valence-corrected chi connectivity index (χ2v) is 7.09. The molecule has 0 aliphatic rings. The molecule has 0 bridgehead atoms. The number of primary amides is 2. The summed E-state index contributed by atoms with van der Waals surface area (Å²) >= 11 is 0. The first kappa shape index (κ1) is 26.8. The van der Waals surface area contributed by atoms with Gasteiger partial charge in [0.15, 0.2) is 0 Å². The lowest BCUT2D eigenvalue weighted by molar-refractivity contribution is -0.143. The van der Waals surface area contributed by atoms with Crippen LogP contribution in [0.1, 0.15) is 39.5 Å². The third-order valence-electron chi connectivity index (χ3n) is 3.88. The Morgan fingerprint density at radius 3 is 1.80 bits per heavy atom. The highest BCUT2D eigenvalue weighted by Crippen LogP contribution is 2.06. The maximum Gasteiger partial charge on any atom is 0.326 e. The Bertz CT molecular complexity index is 667. The van der Waals surface area contributed by atoms with Gasteiger partial charge in [-0.3, -0.25) is 24.0 Å². The molecule has 170 valence electrons. The number of carboxylic acid groups (broad SMARTS) is 1. The van der Waals surface area contributed by atoms with Gasteiger partial charge >= 0.3 is 5.97 Å². The Kier molecular flexibility index (Phi) is 11.7. The van der Waals surface area contributed by atoms with Gasteiger partial charge in [0.1, 0.15) is 18.1 Å². The topological polar surface area (TPSA) is 237 Å². The van der Waals surface area contributed by atoms with Crippen molar-refractivity contribution >= 4 is 35.5 Å². The second-order valence-electron chi connectivity index (χ2n) is 7.09. The van der Waals surface area contributed by atoms with E-state index < -0.39 is 66.6 Å². The number of carbonyl (C=O) groups is 6. The van der Waals surface area contributed by atoms with Gasteiger partial charge in [-0.25, -0.2) is 4.79 Å². The van der Waals surface area contributed by atoms with Crippen LogP contribution < -0.4 is 33.2 Å². The average molecular weight is 430 g/mol. The van der Waals surface area contributed by atoms with E-state index in [2.05, 4.69) is 16.0 Å². The fraction of sp³-hybridized carbons (Fsp3) is 0.647. The maximum atomic E-state index is 12.5. The van der Waals surface area contributed by atoms with Crippen molar-refractivity contribution in [3.05, 3.63) is 0 Å². The Morgan fingerprint density at radius 2 is 1.37 bits per heavy atom. The van der Waals surface area contributed by atoms with Crippen molar-refractivity contribution in [2.45, 2.75) is 57.7 Å². The molecule has 0 saturated carbocycles. The van der Waals surface area contributed by atoms with E-state index in [9.17, 15) is 33.9 Å². The van der Waals surface area contributed by atoms with Crippen LogP contribution in [-0.4, -0.2) is 65.3 Å². The number of hydrogen-bond donors (Lipinski definition) is 7. The number of carboxylic acids is 1. The largest absolute Gasteiger partial charge is 0.480 e. The molecule has 13 nitrogen and oxygen atoms in total. The number of carbonyl (C=O) groups excluding carboxylic acids is 5. The van der Waals surface area contributed by atoms with Crippen LogP contribution in [0.25, 0.3) is 0 Å². The predicted octanol–water partition coefficient (Wildman–Crippen LogP) is -3.33. The Hall–Kier alpha value is -3.22. The Balaban J connectivity index is 5.41. The van der Waals surface area contributed by atoms with E-state index in [1.165, 1.54) is 0 Å². The maximum absolute atomic E-state index is 12.5. The van der Waals surface area contributed by atoms with E-state index in [0.717, 1.165) is 0 Å². The fourth-order valence-corrected chi connectivity index (χ4v) is 2.46. The molecule has 3 atom stereocenters. The van der Waals surface area contributed by atoms with Gasteiger partial charge in [-0.05, 0) is 18.8 Å². The average Bonchev–Trinajstić information content (AvgIpc) is 2.62. The van der Waals surface area contributed by atoms with Crippen molar-refractivity contribution in [1.29, 1.82) is 0 Å². The normalized spacial score (nSPS) is 13.6. The van der Waals surface area contributed by atoms with Gasteiger partial charge in [-0.15, -0.1) is 0 Å². The van der Waals surface area contributed by atoms with E-state index in [0.29, 0.717) is 0 Å². The van der Waals surface area contributed by atoms with Crippen LogP contribution in [0, 0.1) is 5.92 Å². The lowest BCUT2D eigenvalue weighted by atomic mass is 10.0. The first-order valence-electron chi connectivity index (χ1n) is 9.26. The molecule has 0 radical (unpaired) electrons. The van der Waals surface area contributed by atoms with Crippen LogP contribution in [0.4, 0.5) is 0 Å². The first-order chi connectivity index (χ1) is 13.9. The molecule has 0 fully saturated rings. The molecule has 0 aromatic rings. The smallest absolute Gasteiger partial charge is 0.326 e. The van der Waals surface area contributed by atoms with E-state index in [-0.39, 0.29) is 25.2 Å². The monoisotopic (exact) mass is 430 g/mol. The van der Waals surface area contributed by atoms with Crippen LogP contribution in [0.2, 0.25) is 0 Å². The van der Waals surface area contributed by atoms with Crippen LogP contribution >= 0.6 is 0 Å². The van der Waals surface area contributed by atoms with E-state index in [4.69, 9.17) is 17.2 Å². The first-order valence-corrected chi connectivity index (χ1v) is 9.26. The standard InChI is InChI=1S/C17H30N6O7/c1-8(2)5-11(17(29)30)23-16(28)10(6-13(20)25)22-15(27)9(3-4-12(19)24)21-14(26)7-18/h8-11H,3-7,18H2,1-2H3,(H2,19,24)(H2,20,25)(H,21,26)(H,22,27)(H,23,28)(H,29,30). The zero-order valence-electron chi connectivity index (χ0n) is 17.0. The third-order valence-corrected chi connectivity index (χ3v) is 3.88. The summed E-state index contributed by atoms with van der Waals surface area (Å²) < 4.78 is 0. The summed E-state index contributed by atoms with van der Waals surface area (Å²) in [5, 5.41) is 16.0. The summed E-state index contributed by atoms with van der Waals surface area (Å²) in [5.41, 5.74) is 15.4. The van der Waals surface area contributed by atoms with Crippen LogP contribution in [0.3, 0.4) is 0 Å². The van der Waals surface area contributed by atoms with Gasteiger partial charge in [0, 0.05) is 6.42 Å². The zero-order chi connectivity index (χ0) is 23.4. The molecule has 0 aromatic heterocycles. The quantitative estimate of drug-likeness (QED) is 0.147. The minimum Gasteiger partial charge on any atom is -0.480 e. The zero-order valence-corrected chi connectivity index (χ0v) is 17.0. The van der Waals surface area contributed by atoms with E-state index in [1.54, 1.807) is 13.8 Å². The predicted molar refractivity (Wildman–Crippen MR) is 104 cm³/mol. The molecule has 10 N–H and O–H groups in total. The molecule has 0 saturated heterocycles. The number of amides is 5. The molecule has 0 aromatic carbocycles. The fourth-order valence-electron chi connectivity index (χ4n) is 2.46. The highest BCUT2D eigenvalue weighted by molar-refractivity contribution is 5.96. The molecule has 5 amide bonds. The Morgan fingerprint density at radius 1 is 0.833 bits per heavy atom. The van der Waals surface area contributed by atoms with E-state index >= 15 is 0 Å². The third kappa shape index (κ3) is 10.9. The molecule has 0 aliphatic heterocycles. The lowest BCUT2D eigenvalue weighted by Gasteiger charge is -2.24. The van der Waals surface area contributed by atoms with Crippen LogP contribution in [-0.2, 0) is 28.8 Å². The highest BCUT2D eigenvalue weighted by atomic mass is 16.4. The molecule has 13 heteroatoms. The van der Waals surface area contributed by atoms with E-state index in [1.807, 2.05) is 0 Å². The van der Waals surface area contributed by atoms with Crippen molar-refractivity contribution in [1.82, 2.24) is 16.0 Å². The van der Waals surface area contributed by atoms with Crippen molar-refractivity contribution in [3.8, 4) is 0 Å². The van der Waals surface area contributed by atoms with Crippen molar-refractivity contribution < 1.29 is 33.9 Å². The molecule has 0 heterocycles. The molecular weight excluding hydrogens is 400 g/mol. The molecule has 0 rings (SSSR count). The number of rotatable bonds is 14. The molecule has 3 unspecified atom stereocenters. The van der Waals surface area contributed by atoms with Gasteiger partial charge in [0.25, 0.3) is 0 Å². The summed E-state index contributed by atoms with van der Waals surface area (Å²) in [6, 6.07) is -4.00. The molecular formula is C17H30N6O7. The van der Waals surface area contributed by atoms with Crippen LogP contribution in [0.15, 0.2) is 0 Å². The molecule has 0 aliphatic carbocycles. The molecule has 30 heavy (non-hydrogen) atoms. The molecule has 0 spiro atoms. The van der Waals surface area contributed by atoms with Gasteiger partial charge < -0.3 is 38.3 Å². The number of nitrogens with one attached hydrogen (secondary N) is 3. The minimum absolute atomic E-state index is 0.0553. The number of nitrogens with two attached hydrogens (primary N) is 3. The number of hydrogen-bond acceptors (Lipinski definition) is 7. The van der Waals surface area contributed by atoms with Crippen molar-refractivity contribution in [2.24, 2.45) is 23.1 Å². The van der Waals surface area contributed by atoms with Gasteiger partial charge in [0.2, 0.25) is 29.5 Å². The summed E-state index contributed by atoms with van der Waals surface area (Å²) in [5.74, 6) is -5.51. The van der Waals surface area contributed by atoms with Gasteiger partial charge in [-0.1, -0.05) is 13.8 Å². The number of aliphatic carboxylic acids is 1. The van der Waals surface area contributed by atoms with Crippen molar-refractivity contribution in [3.63, 3.8) is 0 Å². The summed E-state index contributed by atoms with van der Waals surface area (Å²) in [6.07, 6.45) is -0.918. The van der Waals surface area contributed by atoms with Gasteiger partial charge in [0.05, 0.1) is 13.0 Å². The highest BCUT2D eigenvalue weighted by Gasteiger charge is 2.30. The SMILES string of the molecule is CC(C)CC(NC(=O)C(CC(N)=O)NC(=O)C(CCC(N)=O)NC(=O)CN)C(=O)O. The second kappa shape index (κ2) is 13.1. The van der Waals surface area contributed by atoms with Crippen LogP contribution in [0.5, 0.6) is 0 Å². The Labute approximate surface area is 173 Å². The minimum atomic E-state index is -1.49. The van der Waals surface area contributed by atoms with Crippen molar-refractivity contribution in [2.75, 3.05) is 6.54 Å². The summed E-state index contributed by atoms with van der Waals surface area (Å²) in [6.45, 7) is 3.09.